The van der Waals surface area contributed by atoms with Gasteiger partial charge in [0.15, 0.2) is 11.2 Å². The third-order valence-corrected chi connectivity index (χ3v) is 12.4. The Morgan fingerprint density at radius 3 is 1.46 bits per heavy atom. The van der Waals surface area contributed by atoms with Crippen molar-refractivity contribution in [1.82, 2.24) is 4.98 Å². The second-order valence-corrected chi connectivity index (χ2v) is 57.7. The van der Waals surface area contributed by atoms with Gasteiger partial charge in [-0.3, -0.25) is 14.9 Å². The molecular weight excluding hydrogens is 1930 g/mol. The van der Waals surface area contributed by atoms with Crippen LogP contribution >= 0.6 is 170 Å². The van der Waals surface area contributed by atoms with E-state index in [1.165, 1.54) is 42.5 Å². The van der Waals surface area contributed by atoms with E-state index in [4.69, 9.17) is 84.5 Å². The molecule has 0 aliphatic heterocycles. The van der Waals surface area contributed by atoms with E-state index in [0.29, 0.717) is 121 Å². The predicted molar refractivity (Wildman–Crippen MR) is 425 cm³/mol. The molecule has 92 heavy (non-hydrogen) atoms. The first-order valence-electron chi connectivity index (χ1n) is 26.9. The van der Waals surface area contributed by atoms with Gasteiger partial charge in [-0.25, -0.2) is 29.1 Å². The van der Waals surface area contributed by atoms with Gasteiger partial charge in [-0.05, 0) is 123 Å². The van der Waals surface area contributed by atoms with Crippen molar-refractivity contribution in [3.63, 3.8) is 0 Å². The number of nitro groups is 1. The van der Waals surface area contributed by atoms with Crippen LogP contribution in [0.15, 0.2) is 78.9 Å². The molecule has 0 spiro atoms. The molecule has 1 atom stereocenters. The van der Waals surface area contributed by atoms with Crippen LogP contribution in [0.1, 0.15) is 115 Å². The summed E-state index contributed by atoms with van der Waals surface area (Å²) in [6.45, 7) is 48.5. The summed E-state index contributed by atoms with van der Waals surface area (Å²) in [5.74, 6) is 2.32. The number of nitriles is 2. The normalized spacial score (nSPS) is 9.61. The number of esters is 2. The number of aryl methyl sites for hydroxylation is 1. The van der Waals surface area contributed by atoms with E-state index in [0.717, 1.165) is 16.8 Å². The van der Waals surface area contributed by atoms with Gasteiger partial charge in [0, 0.05) is 28.6 Å². The number of hydrogen-bond acceptors (Lipinski definition) is 16. The number of ketones is 1. The number of halogens is 7. The molecule has 0 bridgehead atoms. The number of thiazole rings is 1. The van der Waals surface area contributed by atoms with E-state index in [2.05, 4.69) is 176 Å². The van der Waals surface area contributed by atoms with Crippen LogP contribution in [-0.2, 0) is 24.0 Å². The zero-order chi connectivity index (χ0) is 70.9. The van der Waals surface area contributed by atoms with Crippen LogP contribution < -0.4 is 25.7 Å². The van der Waals surface area contributed by atoms with Gasteiger partial charge in [-0.15, -0.1) is 46.9 Å². The van der Waals surface area contributed by atoms with Crippen LogP contribution in [-0.4, -0.2) is 86.3 Å². The Balaban J connectivity index is -0.000000332. The fraction of sp³-hybridized carbons (Fsp3) is 0.403. The number of rotatable bonds is 18. The number of hydrogen-bond donors (Lipinski definition) is 2. The van der Waals surface area contributed by atoms with Crippen LogP contribution in [0.4, 0.5) is 22.7 Å². The Hall–Kier alpha value is -3.85. The summed E-state index contributed by atoms with van der Waals surface area (Å²) in [6.07, 6.45) is 0. The monoisotopic (exact) mass is 2000 g/mol. The first-order chi connectivity index (χ1) is 42.7. The Labute approximate surface area is 639 Å². The number of nitrogens with zero attached hydrogens (tertiary/aromatic N) is 7. The number of thiocarbonyl (C=S) groups is 2. The number of carbonyl (C=O) groups excluding carboxylic acids is 3. The molecule has 1 aromatic heterocycles. The molecule has 0 amide bonds. The van der Waals surface area contributed by atoms with Gasteiger partial charge in [0.1, 0.15) is 32.1 Å². The van der Waals surface area contributed by atoms with Gasteiger partial charge in [0.25, 0.3) is 5.69 Å². The van der Waals surface area contributed by atoms with Crippen molar-refractivity contribution in [2.45, 2.75) is 95.4 Å². The molecule has 0 aliphatic rings. The average Bonchev–Trinajstić information content (AvgIpc) is 1.67. The van der Waals surface area contributed by atoms with E-state index in [1.807, 2.05) is 37.0 Å². The molecular formula is C62H77BrClI5N9O10S3V. The summed E-state index contributed by atoms with van der Waals surface area (Å²) in [5.41, 5.74) is 14.7. The predicted octanol–water partition coefficient (Wildman–Crippen LogP) is 19.8. The number of nitrogens with two attached hydrogens (primary N) is 2. The van der Waals surface area contributed by atoms with Crippen LogP contribution in [0.25, 0.3) is 25.1 Å². The zero-order valence-electron chi connectivity index (χ0n) is 53.4. The summed E-state index contributed by atoms with van der Waals surface area (Å²) in [7, 11) is 0. The van der Waals surface area contributed by atoms with Crippen molar-refractivity contribution in [3.8, 4) is 40.0 Å². The van der Waals surface area contributed by atoms with Gasteiger partial charge in [-0.1, -0.05) is 130 Å². The maximum absolute atomic E-state index is 11.9. The van der Waals surface area contributed by atoms with Gasteiger partial charge >= 0.3 is 76.8 Å². The molecule has 0 radical (unpaired) electrons. The summed E-state index contributed by atoms with van der Waals surface area (Å²) in [4.78, 5) is 60.3. The molecule has 5 aromatic rings. The third kappa shape index (κ3) is 47.9. The molecule has 1 unspecified atom stereocenters. The van der Waals surface area contributed by atoms with Crippen molar-refractivity contribution >= 4 is 220 Å². The molecule has 0 aliphatic carbocycles. The first-order valence-corrected chi connectivity index (χ1v) is 45.8. The summed E-state index contributed by atoms with van der Waals surface area (Å²) in [5, 5.41) is 27.8. The van der Waals surface area contributed by atoms with Gasteiger partial charge in [0.2, 0.25) is 17.1 Å². The number of nitro benzene ring substituents is 1. The third-order valence-electron chi connectivity index (χ3n) is 9.24. The summed E-state index contributed by atoms with van der Waals surface area (Å²) >= 11 is 28.6. The van der Waals surface area contributed by atoms with E-state index < -0.39 is 16.3 Å². The summed E-state index contributed by atoms with van der Waals surface area (Å²) in [6, 6.07) is 24.7. The first kappa shape index (κ1) is 96.8. The quantitative estimate of drug-likeness (QED) is 0.0121. The minimum absolute atomic E-state index is 0. The van der Waals surface area contributed by atoms with Crippen molar-refractivity contribution in [2.24, 2.45) is 35.1 Å². The molecule has 1 heterocycles. The average molecular weight is 2010 g/mol. The number of ether oxygens (including phenoxy) is 5. The Morgan fingerprint density at radius 2 is 1.11 bits per heavy atom. The molecule has 0 saturated carbocycles. The second kappa shape index (κ2) is 58.5. The zero-order valence-corrected chi connectivity index (χ0v) is 70.5. The van der Waals surface area contributed by atoms with Gasteiger partial charge < -0.3 is 35.2 Å². The molecule has 5 rings (SSSR count). The molecule has 4 aromatic carbocycles. The van der Waals surface area contributed by atoms with Crippen LogP contribution in [0.5, 0.6) is 17.2 Å². The fourth-order valence-corrected chi connectivity index (χ4v) is 6.40. The second-order valence-electron chi connectivity index (χ2n) is 19.1. The van der Waals surface area contributed by atoms with Crippen molar-refractivity contribution in [3.05, 3.63) is 150 Å². The molecule has 0 fully saturated rings. The Bertz CT molecular complexity index is 3260. The standard InChI is InChI=1S/C18H20N2O3S.C12H14N2OS.C12H12N2O.C7H4N2O2.C6H9ClO3.C4H9Br.C2H5NS.CH3I.4HI.V/c1-6-22-18(21)16-12(4)20-17(24-16)13-7-8-15(14(9-13)19-5)23-10-11(2)3;1-8(2)7-15-11-5-4-9(12(13)16)6-10(11)14-3;1-9(2)8-15-12-5-4-10(7-13)6-11(12)14-3;8-5-6-1-3-7(4-2-6)9(10)11;1-3-10-6(9)5(7)4(2)8;1-4(2)3-5;1-2(3)4;1-2;;;;;/h7-9,11H,6,10H2,1-4H3;4-6,8H,7H2,1-2H3,(H2,13,16);4-6,9H,8H2,1-2H3;1-4H;5H,3H2,1-2H3;4H,3H2,1-2H3;1H3,(H2,3,4);1H3;4*1H;/q;;;;;;;;;;;;+3/p-3. The molecule has 4 N–H and O–H groups in total. The van der Waals surface area contributed by atoms with Crippen LogP contribution in [0.2, 0.25) is 0 Å². The summed E-state index contributed by atoms with van der Waals surface area (Å²) < 4.78 is 26.2. The van der Waals surface area contributed by atoms with E-state index >= 15 is 0 Å². The Kier molecular flexibility index (Phi) is 61.6. The topological polar surface area (TPSA) is 266 Å². The number of aromatic nitrogens is 1. The van der Waals surface area contributed by atoms with Gasteiger partial charge in [-0.2, -0.15) is 10.5 Å². The van der Waals surface area contributed by atoms with E-state index in [-0.39, 0.29) is 52.9 Å². The fourth-order valence-electron chi connectivity index (χ4n) is 5.25. The van der Waals surface area contributed by atoms with Crippen LogP contribution in [0.3, 0.4) is 0 Å². The minimum atomic E-state index is -1.14. The number of benzene rings is 4. The van der Waals surface area contributed by atoms with Crippen molar-refractivity contribution < 1.29 is 47.9 Å². The van der Waals surface area contributed by atoms with E-state index in [1.54, 1.807) is 76.2 Å². The number of carbonyl (C=O) groups is 3. The number of alkyl halides is 3. The van der Waals surface area contributed by atoms with Crippen molar-refractivity contribution in [1.29, 1.82) is 10.5 Å². The molecule has 30 heteroatoms. The number of non-ortho nitro benzene ring substituents is 1. The van der Waals surface area contributed by atoms with Crippen LogP contribution in [0, 0.1) is 83.1 Å². The maximum atomic E-state index is 11.9. The molecule has 0 saturated heterocycles. The molecule has 502 valence electrons. The van der Waals surface area contributed by atoms with Crippen molar-refractivity contribution in [2.75, 3.05) is 43.3 Å². The molecule has 19 nitrogen and oxygen atoms in total. The van der Waals surface area contributed by atoms with Gasteiger partial charge in [0.05, 0.1) is 86.1 Å². The SMILES string of the molecule is CC(C)CBr.CC(N)=S.CCOC(=O)C(Cl)C(C)=O.CI.I.N#Cc1ccc([N+](=O)[O-])cc1.[C-]#[N+]c1cc(-c2nc(C)c(C(=O)OCC)s2)ccc1OCC(C)C.[C-]#[N+]c1cc(C#N)ccc1OCC(C)C.[C-]#[N+]c1cc(C(N)=S)ccc1OCC(C)C.[I][V]([I])[I]. The Morgan fingerprint density at radius 1 is 0.728 bits per heavy atom. The number of Topliss-reactive ketones (excluding diaryl/α,β-unsaturated/α-hetero) is 1. The van der Waals surface area contributed by atoms with E-state index in [9.17, 15) is 24.5 Å².